The molecular formula is C24H20F3N3O3S. The summed E-state index contributed by atoms with van der Waals surface area (Å²) in [5, 5.41) is 2.36. The number of aromatic nitrogens is 1. The molecule has 10 heteroatoms. The molecule has 6 nitrogen and oxygen atoms in total. The molecule has 2 aromatic carbocycles. The maximum Gasteiger partial charge on any atom is 0.417 e. The van der Waals surface area contributed by atoms with Crippen LogP contribution >= 0.6 is 11.3 Å². The van der Waals surface area contributed by atoms with Gasteiger partial charge in [0.1, 0.15) is 21.2 Å². The number of alkyl halides is 3. The largest absolute Gasteiger partial charge is 0.497 e. The molecule has 0 spiro atoms. The van der Waals surface area contributed by atoms with E-state index in [0.29, 0.717) is 11.5 Å². The van der Waals surface area contributed by atoms with Crippen LogP contribution in [0.25, 0.3) is 10.2 Å². The van der Waals surface area contributed by atoms with Crippen LogP contribution in [0.2, 0.25) is 0 Å². The van der Waals surface area contributed by atoms with Gasteiger partial charge in [-0.2, -0.15) is 13.2 Å². The number of anilines is 2. The summed E-state index contributed by atoms with van der Waals surface area (Å²) in [5.74, 6) is 0.143. The zero-order chi connectivity index (χ0) is 24.5. The van der Waals surface area contributed by atoms with E-state index in [-0.39, 0.29) is 38.6 Å². The van der Waals surface area contributed by atoms with Crippen molar-refractivity contribution >= 4 is 38.8 Å². The Morgan fingerprint density at radius 3 is 2.47 bits per heavy atom. The van der Waals surface area contributed by atoms with Crippen LogP contribution in [-0.2, 0) is 12.6 Å². The summed E-state index contributed by atoms with van der Waals surface area (Å²) in [7, 11) is 2.90. The van der Waals surface area contributed by atoms with Gasteiger partial charge in [0.25, 0.3) is 5.91 Å². The fraction of sp³-hybridized carbons (Fsp3) is 0.167. The Hall–Kier alpha value is -3.79. The van der Waals surface area contributed by atoms with Crippen LogP contribution in [0.5, 0.6) is 11.5 Å². The maximum absolute atomic E-state index is 13.9. The number of fused-ring (bicyclic) bond motifs is 1. The third kappa shape index (κ3) is 4.62. The lowest BCUT2D eigenvalue weighted by atomic mass is 10.0. The molecule has 34 heavy (non-hydrogen) atoms. The summed E-state index contributed by atoms with van der Waals surface area (Å²) in [6.45, 7) is 0. The molecule has 0 bridgehead atoms. The van der Waals surface area contributed by atoms with Gasteiger partial charge in [0, 0.05) is 23.6 Å². The molecule has 176 valence electrons. The van der Waals surface area contributed by atoms with Crippen LogP contribution in [0.4, 0.5) is 24.5 Å². The predicted octanol–water partition coefficient (Wildman–Crippen LogP) is 5.76. The van der Waals surface area contributed by atoms with E-state index < -0.39 is 17.6 Å². The highest BCUT2D eigenvalue weighted by Crippen LogP contribution is 2.43. The number of hydrogen-bond donors (Lipinski definition) is 2. The van der Waals surface area contributed by atoms with E-state index in [1.165, 1.54) is 20.3 Å². The fourth-order valence-corrected chi connectivity index (χ4v) is 4.58. The first-order valence-electron chi connectivity index (χ1n) is 10.1. The summed E-state index contributed by atoms with van der Waals surface area (Å²) < 4.78 is 52.3. The van der Waals surface area contributed by atoms with Crippen molar-refractivity contribution in [3.8, 4) is 11.5 Å². The van der Waals surface area contributed by atoms with E-state index >= 15 is 0 Å². The number of hydrogen-bond acceptors (Lipinski definition) is 6. The summed E-state index contributed by atoms with van der Waals surface area (Å²) in [6, 6.07) is 14.8. The molecule has 0 atom stereocenters. The lowest BCUT2D eigenvalue weighted by molar-refractivity contribution is -0.136. The van der Waals surface area contributed by atoms with Crippen LogP contribution in [-0.4, -0.2) is 25.1 Å². The molecule has 2 aromatic heterocycles. The molecule has 0 unspecified atom stereocenters. The molecule has 0 aliphatic carbocycles. The Bertz CT molecular complexity index is 1350. The molecule has 4 rings (SSSR count). The van der Waals surface area contributed by atoms with Crippen LogP contribution in [0.3, 0.4) is 0 Å². The minimum Gasteiger partial charge on any atom is -0.497 e. The second-order valence-electron chi connectivity index (χ2n) is 7.37. The van der Waals surface area contributed by atoms with Crippen molar-refractivity contribution in [1.82, 2.24) is 4.98 Å². The first-order chi connectivity index (χ1) is 16.2. The topological polar surface area (TPSA) is 86.5 Å². The van der Waals surface area contributed by atoms with E-state index in [1.807, 2.05) is 18.2 Å². The standard InChI is InChI=1S/C24H20F3N3O3S/c1-32-15-8-9-18(33-2)17(12-15)30-22(31)21-20(28)19-16(24(25,26)27)11-14(29-23(19)34-21)10-13-6-4-3-5-7-13/h3-9,11-12H,10,28H2,1-2H3,(H,30,31). The van der Waals surface area contributed by atoms with E-state index in [9.17, 15) is 18.0 Å². The van der Waals surface area contributed by atoms with Crippen LogP contribution < -0.4 is 20.5 Å². The van der Waals surface area contributed by atoms with Gasteiger partial charge in [0.2, 0.25) is 0 Å². The van der Waals surface area contributed by atoms with Crippen molar-refractivity contribution < 1.29 is 27.4 Å². The number of nitrogen functional groups attached to an aromatic ring is 1. The van der Waals surface area contributed by atoms with Crippen molar-refractivity contribution in [3.05, 3.63) is 76.3 Å². The summed E-state index contributed by atoms with van der Waals surface area (Å²) >= 11 is 0.809. The molecule has 2 heterocycles. The molecule has 0 fully saturated rings. The van der Waals surface area contributed by atoms with Crippen LogP contribution in [0.15, 0.2) is 54.6 Å². The number of halogens is 3. The number of ether oxygens (including phenoxy) is 2. The molecule has 3 N–H and O–H groups in total. The highest BCUT2D eigenvalue weighted by molar-refractivity contribution is 7.21. The lowest BCUT2D eigenvalue weighted by Crippen LogP contribution is -2.13. The van der Waals surface area contributed by atoms with Gasteiger partial charge in [-0.15, -0.1) is 11.3 Å². The molecule has 0 radical (unpaired) electrons. The normalized spacial score (nSPS) is 11.4. The molecule has 4 aromatic rings. The Morgan fingerprint density at radius 1 is 1.09 bits per heavy atom. The zero-order valence-corrected chi connectivity index (χ0v) is 19.0. The molecule has 0 aliphatic heterocycles. The van der Waals surface area contributed by atoms with Gasteiger partial charge in [0.15, 0.2) is 0 Å². The first-order valence-corrected chi connectivity index (χ1v) is 10.9. The average molecular weight is 488 g/mol. The number of rotatable bonds is 6. The summed E-state index contributed by atoms with van der Waals surface area (Å²) in [6.07, 6.45) is -4.47. The van der Waals surface area contributed by atoms with Gasteiger partial charge >= 0.3 is 6.18 Å². The maximum atomic E-state index is 13.9. The number of methoxy groups -OCH3 is 2. The van der Waals surface area contributed by atoms with Crippen molar-refractivity contribution in [3.63, 3.8) is 0 Å². The minimum absolute atomic E-state index is 0.0426. The van der Waals surface area contributed by atoms with E-state index in [0.717, 1.165) is 23.0 Å². The second-order valence-corrected chi connectivity index (χ2v) is 8.37. The zero-order valence-electron chi connectivity index (χ0n) is 18.2. The highest BCUT2D eigenvalue weighted by Gasteiger charge is 2.36. The minimum atomic E-state index is -4.68. The van der Waals surface area contributed by atoms with Gasteiger partial charge in [-0.25, -0.2) is 4.98 Å². The van der Waals surface area contributed by atoms with Gasteiger partial charge < -0.3 is 20.5 Å². The Balaban J connectivity index is 1.77. The van der Waals surface area contributed by atoms with Crippen molar-refractivity contribution in [2.45, 2.75) is 12.6 Å². The van der Waals surface area contributed by atoms with Crippen LogP contribution in [0.1, 0.15) is 26.5 Å². The Kier molecular flexibility index (Phi) is 6.34. The number of nitrogens with two attached hydrogens (primary N) is 1. The fourth-order valence-electron chi connectivity index (χ4n) is 3.55. The highest BCUT2D eigenvalue weighted by atomic mass is 32.1. The van der Waals surface area contributed by atoms with Gasteiger partial charge in [-0.05, 0) is 23.8 Å². The third-order valence-corrected chi connectivity index (χ3v) is 6.24. The second kappa shape index (κ2) is 9.22. The number of pyridine rings is 1. The summed E-state index contributed by atoms with van der Waals surface area (Å²) in [5.41, 5.74) is 6.21. The quantitative estimate of drug-likeness (QED) is 0.361. The van der Waals surface area contributed by atoms with E-state index in [1.54, 1.807) is 24.3 Å². The number of carbonyl (C=O) groups is 1. The number of nitrogens with zero attached hydrogens (tertiary/aromatic N) is 1. The Morgan fingerprint density at radius 2 is 1.82 bits per heavy atom. The smallest absolute Gasteiger partial charge is 0.417 e. The van der Waals surface area contributed by atoms with E-state index in [2.05, 4.69) is 10.3 Å². The van der Waals surface area contributed by atoms with Gasteiger partial charge in [0.05, 0.1) is 31.2 Å². The number of amides is 1. The average Bonchev–Trinajstić information content (AvgIpc) is 3.14. The predicted molar refractivity (Wildman–Crippen MR) is 126 cm³/mol. The molecule has 1 amide bonds. The van der Waals surface area contributed by atoms with E-state index in [4.69, 9.17) is 15.2 Å². The first kappa shape index (κ1) is 23.4. The SMILES string of the molecule is COc1ccc(OC)c(NC(=O)c2sc3nc(Cc4ccccc4)cc(C(F)(F)F)c3c2N)c1. The number of thiophene rings is 1. The number of carbonyl (C=O) groups excluding carboxylic acids is 1. The molecule has 0 aliphatic rings. The van der Waals surface area contributed by atoms with Crippen molar-refractivity contribution in [2.24, 2.45) is 0 Å². The van der Waals surface area contributed by atoms with Gasteiger partial charge in [-0.1, -0.05) is 30.3 Å². The lowest BCUT2D eigenvalue weighted by Gasteiger charge is -2.12. The monoisotopic (exact) mass is 487 g/mol. The molecular weight excluding hydrogens is 467 g/mol. The van der Waals surface area contributed by atoms with Gasteiger partial charge in [-0.3, -0.25) is 4.79 Å². The summed E-state index contributed by atoms with van der Waals surface area (Å²) in [4.78, 5) is 17.4. The molecule has 0 saturated carbocycles. The Labute approximate surface area is 197 Å². The third-order valence-electron chi connectivity index (χ3n) is 5.15. The number of nitrogens with one attached hydrogen (secondary N) is 1. The van der Waals surface area contributed by atoms with Crippen molar-refractivity contribution in [2.75, 3.05) is 25.3 Å². The molecule has 0 saturated heterocycles. The number of benzene rings is 2. The van der Waals surface area contributed by atoms with Crippen molar-refractivity contribution in [1.29, 1.82) is 0 Å². The van der Waals surface area contributed by atoms with Crippen LogP contribution in [0, 0.1) is 0 Å².